The van der Waals surface area contributed by atoms with Crippen LogP contribution in [-0.4, -0.2) is 16.9 Å². The maximum Gasteiger partial charge on any atom is 0.152 e. The minimum Gasteiger partial charge on any atom is -0.308 e. The summed E-state index contributed by atoms with van der Waals surface area (Å²) in [6.07, 6.45) is 7.17. The fourth-order valence-corrected chi connectivity index (χ4v) is 1.97. The molecule has 0 saturated heterocycles. The van der Waals surface area contributed by atoms with Gasteiger partial charge in [0.15, 0.2) is 5.82 Å². The Balaban J connectivity index is 2.24. The molecule has 86 valence electrons. The molecule has 5 heteroatoms. The van der Waals surface area contributed by atoms with Gasteiger partial charge in [0.2, 0.25) is 0 Å². The van der Waals surface area contributed by atoms with Crippen LogP contribution in [0, 0.1) is 5.82 Å². The molecule has 1 fully saturated rings. The zero-order valence-corrected chi connectivity index (χ0v) is 8.99. The summed E-state index contributed by atoms with van der Waals surface area (Å²) >= 11 is 0. The molecule has 0 aromatic carbocycles. The monoisotopic (exact) mass is 222 g/mol. The van der Waals surface area contributed by atoms with Gasteiger partial charge in [-0.1, -0.05) is 12.8 Å². The quantitative estimate of drug-likeness (QED) is 0.344. The van der Waals surface area contributed by atoms with Crippen LogP contribution in [0.25, 0.3) is 0 Å². The molecular formula is C11H15FN4. The smallest absolute Gasteiger partial charge is 0.152 e. The predicted molar refractivity (Wildman–Crippen MR) is 60.3 cm³/mol. The molecule has 0 bridgehead atoms. The first-order chi connectivity index (χ1) is 7.81. The summed E-state index contributed by atoms with van der Waals surface area (Å²) in [5.41, 5.74) is 2.85. The minimum absolute atomic E-state index is 0.263. The molecule has 0 unspecified atom stereocenters. The normalized spacial score (nSPS) is 17.8. The van der Waals surface area contributed by atoms with Crippen molar-refractivity contribution in [2.45, 2.75) is 31.7 Å². The first-order valence-corrected chi connectivity index (χ1v) is 5.45. The number of nitrogens with two attached hydrogens (primary N) is 1. The Labute approximate surface area is 93.8 Å². The first kappa shape index (κ1) is 11.0. The molecule has 0 amide bonds. The summed E-state index contributed by atoms with van der Waals surface area (Å²) in [5, 5.41) is 0. The Morgan fingerprint density at radius 3 is 2.88 bits per heavy atom. The Bertz CT molecular complexity index is 385. The Morgan fingerprint density at radius 1 is 1.50 bits per heavy atom. The molecular weight excluding hydrogens is 207 g/mol. The lowest BCUT2D eigenvalue weighted by atomic mass is 10.2. The van der Waals surface area contributed by atoms with Crippen LogP contribution in [0.5, 0.6) is 0 Å². The molecule has 0 aliphatic heterocycles. The number of rotatable bonds is 2. The van der Waals surface area contributed by atoms with E-state index in [-0.39, 0.29) is 6.04 Å². The molecule has 1 aromatic heterocycles. The fraction of sp³-hybridized carbons (Fsp3) is 0.455. The highest BCUT2D eigenvalue weighted by atomic mass is 19.1. The van der Waals surface area contributed by atoms with Crippen LogP contribution in [0.2, 0.25) is 0 Å². The van der Waals surface area contributed by atoms with Gasteiger partial charge in [0.25, 0.3) is 0 Å². The van der Waals surface area contributed by atoms with E-state index in [9.17, 15) is 4.39 Å². The van der Waals surface area contributed by atoms with Crippen LogP contribution in [0.15, 0.2) is 23.5 Å². The van der Waals surface area contributed by atoms with Crippen molar-refractivity contribution in [1.82, 2.24) is 10.4 Å². The number of hydrazine groups is 1. The van der Waals surface area contributed by atoms with E-state index in [0.717, 1.165) is 19.0 Å². The number of nitrogens with zero attached hydrogens (tertiary/aromatic N) is 2. The van der Waals surface area contributed by atoms with Gasteiger partial charge < -0.3 is 5.43 Å². The molecule has 1 aromatic rings. The van der Waals surface area contributed by atoms with E-state index in [1.54, 1.807) is 6.07 Å². The lowest BCUT2D eigenvalue weighted by molar-refractivity contribution is 0.616. The molecule has 1 aliphatic rings. The highest BCUT2D eigenvalue weighted by molar-refractivity contribution is 5.98. The highest BCUT2D eigenvalue weighted by Gasteiger charge is 2.16. The summed E-state index contributed by atoms with van der Waals surface area (Å²) in [5.74, 6) is 5.39. The van der Waals surface area contributed by atoms with Gasteiger partial charge in [-0.2, -0.15) is 0 Å². The van der Waals surface area contributed by atoms with Crippen molar-refractivity contribution in [3.8, 4) is 0 Å². The average Bonchev–Trinajstić information content (AvgIpc) is 2.80. The van der Waals surface area contributed by atoms with Crippen molar-refractivity contribution >= 4 is 5.84 Å². The topological polar surface area (TPSA) is 63.3 Å². The third kappa shape index (κ3) is 2.36. The van der Waals surface area contributed by atoms with Crippen LogP contribution >= 0.6 is 0 Å². The van der Waals surface area contributed by atoms with Gasteiger partial charge in [0.05, 0.1) is 17.8 Å². The highest BCUT2D eigenvalue weighted by Crippen LogP contribution is 2.21. The van der Waals surface area contributed by atoms with Crippen LogP contribution in [0.1, 0.15) is 31.2 Å². The largest absolute Gasteiger partial charge is 0.308 e. The van der Waals surface area contributed by atoms with E-state index in [4.69, 9.17) is 5.84 Å². The summed E-state index contributed by atoms with van der Waals surface area (Å²) < 4.78 is 13.5. The Hall–Kier alpha value is -1.49. The molecule has 3 N–H and O–H groups in total. The third-order valence-corrected chi connectivity index (χ3v) is 2.80. The van der Waals surface area contributed by atoms with E-state index >= 15 is 0 Å². The average molecular weight is 222 g/mol. The lowest BCUT2D eigenvalue weighted by Gasteiger charge is -2.09. The van der Waals surface area contributed by atoms with Gasteiger partial charge in [0, 0.05) is 6.20 Å². The van der Waals surface area contributed by atoms with E-state index < -0.39 is 5.82 Å². The summed E-state index contributed by atoms with van der Waals surface area (Å²) in [6, 6.07) is 1.84. The van der Waals surface area contributed by atoms with Gasteiger partial charge in [-0.25, -0.2) is 10.2 Å². The molecule has 0 atom stereocenters. The zero-order chi connectivity index (χ0) is 11.4. The second kappa shape index (κ2) is 5.03. The Morgan fingerprint density at radius 2 is 2.25 bits per heavy atom. The number of aromatic nitrogens is 1. The second-order valence-corrected chi connectivity index (χ2v) is 3.92. The predicted octanol–water partition coefficient (Wildman–Crippen LogP) is 1.37. The van der Waals surface area contributed by atoms with Crippen LogP contribution in [0.4, 0.5) is 4.39 Å². The van der Waals surface area contributed by atoms with E-state index in [0.29, 0.717) is 11.4 Å². The molecule has 1 heterocycles. The summed E-state index contributed by atoms with van der Waals surface area (Å²) in [6.45, 7) is 0. The van der Waals surface area contributed by atoms with Crippen molar-refractivity contribution in [2.75, 3.05) is 0 Å². The van der Waals surface area contributed by atoms with E-state index in [1.807, 2.05) is 0 Å². The van der Waals surface area contributed by atoms with Crippen molar-refractivity contribution in [3.05, 3.63) is 29.8 Å². The Kier molecular flexibility index (Phi) is 3.46. The standard InChI is InChI=1S/C11H15FN4/c12-10-7-14-6-5-9(10)11(16-13)15-8-3-1-2-4-8/h5-8H,1-4,13H2,(H,15,16). The van der Waals surface area contributed by atoms with Gasteiger partial charge in [-0.15, -0.1) is 0 Å². The molecule has 2 rings (SSSR count). The van der Waals surface area contributed by atoms with Crippen molar-refractivity contribution in [1.29, 1.82) is 0 Å². The first-order valence-electron chi connectivity index (χ1n) is 5.45. The maximum atomic E-state index is 13.5. The van der Waals surface area contributed by atoms with E-state index in [2.05, 4.69) is 15.4 Å². The SMILES string of the molecule is NNC(=NC1CCCC1)c1ccncc1F. The number of hydrogen-bond acceptors (Lipinski definition) is 3. The van der Waals surface area contributed by atoms with Gasteiger partial charge >= 0.3 is 0 Å². The van der Waals surface area contributed by atoms with E-state index in [1.165, 1.54) is 19.0 Å². The summed E-state index contributed by atoms with van der Waals surface area (Å²) in [4.78, 5) is 8.13. The minimum atomic E-state index is -0.405. The van der Waals surface area contributed by atoms with Crippen LogP contribution in [0.3, 0.4) is 0 Å². The second-order valence-electron chi connectivity index (χ2n) is 3.92. The van der Waals surface area contributed by atoms with Crippen LogP contribution < -0.4 is 11.3 Å². The molecule has 1 saturated carbocycles. The molecule has 0 spiro atoms. The third-order valence-electron chi connectivity index (χ3n) is 2.80. The number of pyridine rings is 1. The number of hydrogen-bond donors (Lipinski definition) is 2. The van der Waals surface area contributed by atoms with Crippen molar-refractivity contribution in [3.63, 3.8) is 0 Å². The number of amidine groups is 1. The number of aliphatic imine (C=N–C) groups is 1. The van der Waals surface area contributed by atoms with Crippen molar-refractivity contribution < 1.29 is 4.39 Å². The zero-order valence-electron chi connectivity index (χ0n) is 8.99. The molecule has 0 radical (unpaired) electrons. The van der Waals surface area contributed by atoms with Crippen molar-refractivity contribution in [2.24, 2.45) is 10.8 Å². The van der Waals surface area contributed by atoms with Gasteiger partial charge in [0.1, 0.15) is 5.84 Å². The molecule has 4 nitrogen and oxygen atoms in total. The van der Waals surface area contributed by atoms with Gasteiger partial charge in [-0.05, 0) is 18.9 Å². The summed E-state index contributed by atoms with van der Waals surface area (Å²) in [7, 11) is 0. The number of halogens is 1. The molecule has 16 heavy (non-hydrogen) atoms. The van der Waals surface area contributed by atoms with Crippen LogP contribution in [-0.2, 0) is 0 Å². The lowest BCUT2D eigenvalue weighted by Crippen LogP contribution is -2.33. The number of nitrogens with one attached hydrogen (secondary N) is 1. The fourth-order valence-electron chi connectivity index (χ4n) is 1.97. The maximum absolute atomic E-state index is 13.5. The van der Waals surface area contributed by atoms with Gasteiger partial charge in [-0.3, -0.25) is 9.98 Å². The molecule has 1 aliphatic carbocycles.